The molecular formula is C52H54N2O2P2. The molecule has 7 rings (SSSR count). The van der Waals surface area contributed by atoms with Crippen LogP contribution in [-0.2, 0) is 35.2 Å². The molecular weight excluding hydrogens is 747 g/mol. The van der Waals surface area contributed by atoms with E-state index >= 15 is 0 Å². The predicted octanol–water partition coefficient (Wildman–Crippen LogP) is 10.6. The Balaban J connectivity index is 1.08. The van der Waals surface area contributed by atoms with Gasteiger partial charge in [-0.15, -0.1) is 0 Å². The molecule has 0 saturated carbocycles. The van der Waals surface area contributed by atoms with Crippen molar-refractivity contribution in [3.63, 3.8) is 0 Å². The van der Waals surface area contributed by atoms with E-state index in [1.165, 1.54) is 43.5 Å². The SMILES string of the molecule is C[C@H](CN(Cc1ccccc1)Cc1cccc(CN(Cc2ccccc2)C[C@@H](C)OP(c2ccccc2)c2ccccc2)c1)OP(c1ccccc1)c1ccccc1. The number of hydrogen-bond acceptors (Lipinski definition) is 4. The van der Waals surface area contributed by atoms with Crippen molar-refractivity contribution >= 4 is 37.5 Å². The normalized spacial score (nSPS) is 12.7. The minimum atomic E-state index is -0.957. The van der Waals surface area contributed by atoms with Crippen LogP contribution in [0.25, 0.3) is 0 Å². The smallest absolute Gasteiger partial charge is 0.0922 e. The first-order valence-electron chi connectivity index (χ1n) is 20.3. The number of nitrogens with zero attached hydrogens (tertiary/aromatic N) is 2. The van der Waals surface area contributed by atoms with Gasteiger partial charge in [0.05, 0.1) is 28.5 Å². The summed E-state index contributed by atoms with van der Waals surface area (Å²) in [6.07, 6.45) is 0.0250. The van der Waals surface area contributed by atoms with Gasteiger partial charge in [-0.1, -0.05) is 206 Å². The fourth-order valence-corrected chi connectivity index (χ4v) is 11.1. The van der Waals surface area contributed by atoms with E-state index < -0.39 is 16.3 Å². The monoisotopic (exact) mass is 800 g/mol. The van der Waals surface area contributed by atoms with E-state index in [1.807, 2.05) is 0 Å². The molecule has 0 aromatic heterocycles. The fourth-order valence-electron chi connectivity index (χ4n) is 7.34. The van der Waals surface area contributed by atoms with Crippen molar-refractivity contribution < 1.29 is 9.05 Å². The van der Waals surface area contributed by atoms with Crippen LogP contribution in [0.1, 0.15) is 36.1 Å². The number of hydrogen-bond donors (Lipinski definition) is 0. The van der Waals surface area contributed by atoms with Gasteiger partial charge >= 0.3 is 0 Å². The maximum atomic E-state index is 6.99. The summed E-state index contributed by atoms with van der Waals surface area (Å²) in [6.45, 7) is 9.38. The van der Waals surface area contributed by atoms with Gasteiger partial charge in [0.25, 0.3) is 0 Å². The van der Waals surface area contributed by atoms with Crippen molar-refractivity contribution in [1.82, 2.24) is 9.80 Å². The topological polar surface area (TPSA) is 24.9 Å². The van der Waals surface area contributed by atoms with Gasteiger partial charge in [0, 0.05) is 60.5 Å². The van der Waals surface area contributed by atoms with Crippen LogP contribution in [0.3, 0.4) is 0 Å². The van der Waals surface area contributed by atoms with Crippen molar-refractivity contribution in [1.29, 1.82) is 0 Å². The molecule has 0 aliphatic rings. The Morgan fingerprint density at radius 2 is 0.603 bits per heavy atom. The Kier molecular flexibility index (Phi) is 15.6. The minimum absolute atomic E-state index is 0.0125. The summed E-state index contributed by atoms with van der Waals surface area (Å²) >= 11 is 0. The van der Waals surface area contributed by atoms with E-state index in [4.69, 9.17) is 9.05 Å². The first kappa shape index (κ1) is 41.4. The molecule has 7 aromatic rings. The van der Waals surface area contributed by atoms with Gasteiger partial charge in [-0.3, -0.25) is 9.80 Å². The van der Waals surface area contributed by atoms with Gasteiger partial charge < -0.3 is 9.05 Å². The molecule has 0 N–H and O–H groups in total. The molecule has 0 saturated heterocycles. The zero-order chi connectivity index (χ0) is 39.8. The van der Waals surface area contributed by atoms with Crippen LogP contribution >= 0.6 is 16.3 Å². The molecule has 4 nitrogen and oxygen atoms in total. The van der Waals surface area contributed by atoms with Crippen LogP contribution in [0, 0.1) is 0 Å². The molecule has 0 aliphatic carbocycles. The average molecular weight is 801 g/mol. The number of rotatable bonds is 20. The highest BCUT2D eigenvalue weighted by Crippen LogP contribution is 2.38. The molecule has 0 amide bonds. The van der Waals surface area contributed by atoms with Gasteiger partial charge in [0.15, 0.2) is 0 Å². The minimum Gasteiger partial charge on any atom is -0.345 e. The molecule has 0 fully saturated rings. The summed E-state index contributed by atoms with van der Waals surface area (Å²) in [5.74, 6) is 0. The lowest BCUT2D eigenvalue weighted by Crippen LogP contribution is -2.33. The van der Waals surface area contributed by atoms with E-state index in [0.717, 1.165) is 39.3 Å². The van der Waals surface area contributed by atoms with Crippen molar-refractivity contribution in [3.8, 4) is 0 Å². The fraction of sp³-hybridized carbons (Fsp3) is 0.192. The molecule has 0 aliphatic heterocycles. The maximum absolute atomic E-state index is 6.99. The Hall–Kier alpha value is -4.76. The molecule has 6 heteroatoms. The van der Waals surface area contributed by atoms with Gasteiger partial charge in [-0.05, 0) is 36.1 Å². The molecule has 0 heterocycles. The third kappa shape index (κ3) is 12.6. The molecule has 0 bridgehead atoms. The van der Waals surface area contributed by atoms with Crippen molar-refractivity contribution in [3.05, 3.63) is 229 Å². The van der Waals surface area contributed by atoms with E-state index in [9.17, 15) is 0 Å². The summed E-state index contributed by atoms with van der Waals surface area (Å²) in [4.78, 5) is 5.07. The van der Waals surface area contributed by atoms with Crippen molar-refractivity contribution in [2.75, 3.05) is 13.1 Å². The lowest BCUT2D eigenvalue weighted by Gasteiger charge is -2.30. The predicted molar refractivity (Wildman–Crippen MR) is 247 cm³/mol. The van der Waals surface area contributed by atoms with Crippen LogP contribution in [0.2, 0.25) is 0 Å². The van der Waals surface area contributed by atoms with E-state index in [1.54, 1.807) is 0 Å². The zero-order valence-electron chi connectivity index (χ0n) is 33.6. The largest absolute Gasteiger partial charge is 0.345 e. The van der Waals surface area contributed by atoms with E-state index in [-0.39, 0.29) is 12.2 Å². The van der Waals surface area contributed by atoms with Gasteiger partial charge in [0.2, 0.25) is 0 Å². The lowest BCUT2D eigenvalue weighted by molar-refractivity contribution is 0.148. The molecule has 0 spiro atoms. The Bertz CT molecular complexity index is 1960. The van der Waals surface area contributed by atoms with Gasteiger partial charge in [-0.25, -0.2) is 0 Å². The highest BCUT2D eigenvalue weighted by molar-refractivity contribution is 7.68. The van der Waals surface area contributed by atoms with Crippen LogP contribution in [-0.4, -0.2) is 35.1 Å². The average Bonchev–Trinajstić information content (AvgIpc) is 3.27. The lowest BCUT2D eigenvalue weighted by atomic mass is 10.1. The van der Waals surface area contributed by atoms with Crippen LogP contribution < -0.4 is 21.2 Å². The van der Waals surface area contributed by atoms with Crippen LogP contribution in [0.4, 0.5) is 0 Å². The molecule has 0 unspecified atom stereocenters. The number of benzene rings is 7. The summed E-state index contributed by atoms with van der Waals surface area (Å²) in [6, 6.07) is 73.5. The molecule has 7 aromatic carbocycles. The van der Waals surface area contributed by atoms with Crippen molar-refractivity contribution in [2.45, 2.75) is 52.2 Å². The molecule has 294 valence electrons. The maximum Gasteiger partial charge on any atom is 0.0922 e. The second-order valence-electron chi connectivity index (χ2n) is 14.9. The summed E-state index contributed by atoms with van der Waals surface area (Å²) in [7, 11) is -1.91. The summed E-state index contributed by atoms with van der Waals surface area (Å²) in [5.41, 5.74) is 5.20. The highest BCUT2D eigenvalue weighted by atomic mass is 31.1. The van der Waals surface area contributed by atoms with Crippen LogP contribution in [0.5, 0.6) is 0 Å². The highest BCUT2D eigenvalue weighted by Gasteiger charge is 2.23. The summed E-state index contributed by atoms with van der Waals surface area (Å²) < 4.78 is 14.0. The second-order valence-corrected chi connectivity index (χ2v) is 18.6. The van der Waals surface area contributed by atoms with Gasteiger partial charge in [-0.2, -0.15) is 0 Å². The molecule has 0 radical (unpaired) electrons. The quantitative estimate of drug-likeness (QED) is 0.0717. The Labute approximate surface area is 348 Å². The van der Waals surface area contributed by atoms with E-state index in [0.29, 0.717) is 0 Å². The molecule has 2 atom stereocenters. The summed E-state index contributed by atoms with van der Waals surface area (Å²) in [5, 5.41) is 4.92. The third-order valence-corrected chi connectivity index (χ3v) is 14.1. The Morgan fingerprint density at radius 3 is 0.914 bits per heavy atom. The van der Waals surface area contributed by atoms with Crippen molar-refractivity contribution in [2.24, 2.45) is 0 Å². The Morgan fingerprint density at radius 1 is 0.345 bits per heavy atom. The van der Waals surface area contributed by atoms with E-state index in [2.05, 4.69) is 230 Å². The third-order valence-electron chi connectivity index (χ3n) is 9.87. The second kappa shape index (κ2) is 21.8. The first-order chi connectivity index (χ1) is 28.6. The standard InChI is InChI=1S/C52H54N2O2P2/c1-43(55-57(49-28-13-5-14-29-49)50-30-15-6-16-31-50)37-53(39-45-22-9-3-10-23-45)41-47-26-21-27-48(36-47)42-54(40-46-24-11-4-12-25-46)38-44(2)56-58(51-32-17-7-18-33-51)52-34-19-8-20-35-52/h3-36,43-44H,37-42H2,1-2H3/t43-,44-/m1/s1. The molecule has 58 heavy (non-hydrogen) atoms. The van der Waals surface area contributed by atoms with Gasteiger partial charge in [0.1, 0.15) is 0 Å². The first-order valence-corrected chi connectivity index (χ1v) is 22.8. The van der Waals surface area contributed by atoms with Crippen LogP contribution in [0.15, 0.2) is 206 Å². The zero-order valence-corrected chi connectivity index (χ0v) is 35.4.